The SMILES string of the molecule is COc1cc(C)cc(C)c1-c1nn(C)c(CN)c1Br. The summed E-state index contributed by atoms with van der Waals surface area (Å²) in [6.07, 6.45) is 0. The van der Waals surface area contributed by atoms with E-state index in [4.69, 9.17) is 10.5 Å². The first-order valence-electron chi connectivity index (χ1n) is 6.06. The predicted molar refractivity (Wildman–Crippen MR) is 80.3 cm³/mol. The molecule has 1 heterocycles. The van der Waals surface area contributed by atoms with Gasteiger partial charge in [-0.05, 0) is 47.0 Å². The van der Waals surface area contributed by atoms with Crippen molar-refractivity contribution >= 4 is 15.9 Å². The summed E-state index contributed by atoms with van der Waals surface area (Å²) in [5.74, 6) is 0.833. The number of ether oxygens (including phenoxy) is 1. The summed E-state index contributed by atoms with van der Waals surface area (Å²) in [5.41, 5.74) is 10.9. The predicted octanol–water partition coefficient (Wildman–Crippen LogP) is 2.93. The second-order valence-corrected chi connectivity index (χ2v) is 5.39. The molecule has 0 saturated heterocycles. The van der Waals surface area contributed by atoms with Gasteiger partial charge in [-0.1, -0.05) is 6.07 Å². The molecule has 0 fully saturated rings. The highest BCUT2D eigenvalue weighted by atomic mass is 79.9. The largest absolute Gasteiger partial charge is 0.496 e. The van der Waals surface area contributed by atoms with Crippen LogP contribution >= 0.6 is 15.9 Å². The van der Waals surface area contributed by atoms with Crippen molar-refractivity contribution < 1.29 is 4.74 Å². The van der Waals surface area contributed by atoms with Gasteiger partial charge in [-0.2, -0.15) is 5.10 Å². The Morgan fingerprint density at radius 2 is 2.05 bits per heavy atom. The second kappa shape index (κ2) is 5.35. The Bertz CT molecular complexity index is 620. The Morgan fingerprint density at radius 3 is 2.58 bits per heavy atom. The molecule has 0 atom stereocenters. The molecule has 2 rings (SSSR count). The third kappa shape index (κ3) is 2.40. The van der Waals surface area contributed by atoms with Gasteiger partial charge in [0.25, 0.3) is 0 Å². The molecular weight excluding hydrogens is 306 g/mol. The zero-order valence-corrected chi connectivity index (χ0v) is 13.2. The number of methoxy groups -OCH3 is 1. The lowest BCUT2D eigenvalue weighted by molar-refractivity contribution is 0.415. The molecule has 0 aliphatic carbocycles. The van der Waals surface area contributed by atoms with Crippen molar-refractivity contribution in [1.29, 1.82) is 0 Å². The normalized spacial score (nSPS) is 10.8. The van der Waals surface area contributed by atoms with Gasteiger partial charge in [-0.25, -0.2) is 0 Å². The first-order valence-corrected chi connectivity index (χ1v) is 6.86. The number of nitrogens with two attached hydrogens (primary N) is 1. The summed E-state index contributed by atoms with van der Waals surface area (Å²) < 4.78 is 8.23. The van der Waals surface area contributed by atoms with E-state index in [0.29, 0.717) is 6.54 Å². The lowest BCUT2D eigenvalue weighted by Gasteiger charge is -2.11. The molecule has 2 N–H and O–H groups in total. The van der Waals surface area contributed by atoms with Crippen molar-refractivity contribution in [2.24, 2.45) is 12.8 Å². The van der Waals surface area contributed by atoms with E-state index in [9.17, 15) is 0 Å². The monoisotopic (exact) mass is 323 g/mol. The summed E-state index contributed by atoms with van der Waals surface area (Å²) in [6.45, 7) is 4.56. The molecule has 0 unspecified atom stereocenters. The summed E-state index contributed by atoms with van der Waals surface area (Å²) in [7, 11) is 3.57. The van der Waals surface area contributed by atoms with Crippen LogP contribution in [-0.4, -0.2) is 16.9 Å². The molecular formula is C14H18BrN3O. The number of hydrogen-bond acceptors (Lipinski definition) is 3. The molecule has 0 spiro atoms. The Balaban J connectivity index is 2.72. The first-order chi connectivity index (χ1) is 8.99. The maximum Gasteiger partial charge on any atom is 0.128 e. The van der Waals surface area contributed by atoms with E-state index in [1.165, 1.54) is 5.56 Å². The Morgan fingerprint density at radius 1 is 1.37 bits per heavy atom. The summed E-state index contributed by atoms with van der Waals surface area (Å²) >= 11 is 3.60. The van der Waals surface area contributed by atoms with Crippen molar-refractivity contribution in [2.75, 3.05) is 7.11 Å². The molecule has 4 nitrogen and oxygen atoms in total. The lowest BCUT2D eigenvalue weighted by atomic mass is 10.0. The molecule has 102 valence electrons. The van der Waals surface area contributed by atoms with Gasteiger partial charge in [-0.15, -0.1) is 0 Å². The summed E-state index contributed by atoms with van der Waals surface area (Å²) in [5, 5.41) is 4.56. The average molecular weight is 324 g/mol. The minimum absolute atomic E-state index is 0.442. The standard InChI is InChI=1S/C14H18BrN3O/c1-8-5-9(2)12(11(6-8)19-4)14-13(15)10(7-16)18(3)17-14/h5-6H,7,16H2,1-4H3. The smallest absolute Gasteiger partial charge is 0.128 e. The molecule has 5 heteroatoms. The van der Waals surface area contributed by atoms with E-state index in [1.807, 2.05) is 13.1 Å². The van der Waals surface area contributed by atoms with Crippen molar-refractivity contribution in [3.05, 3.63) is 33.4 Å². The lowest BCUT2D eigenvalue weighted by Crippen LogP contribution is -2.04. The maximum absolute atomic E-state index is 5.75. The van der Waals surface area contributed by atoms with E-state index >= 15 is 0 Å². The Labute approximate surface area is 121 Å². The van der Waals surface area contributed by atoms with E-state index in [2.05, 4.69) is 40.9 Å². The average Bonchev–Trinajstić information content (AvgIpc) is 2.63. The highest BCUT2D eigenvalue weighted by Crippen LogP contribution is 2.38. The molecule has 1 aromatic carbocycles. The van der Waals surface area contributed by atoms with Crippen LogP contribution in [0.3, 0.4) is 0 Å². The van der Waals surface area contributed by atoms with Crippen LogP contribution in [0.4, 0.5) is 0 Å². The van der Waals surface area contributed by atoms with Gasteiger partial charge in [0.1, 0.15) is 11.4 Å². The fourth-order valence-electron chi connectivity index (χ4n) is 2.31. The van der Waals surface area contributed by atoms with Gasteiger partial charge < -0.3 is 10.5 Å². The number of benzene rings is 1. The van der Waals surface area contributed by atoms with E-state index in [-0.39, 0.29) is 0 Å². The number of hydrogen-bond donors (Lipinski definition) is 1. The highest BCUT2D eigenvalue weighted by molar-refractivity contribution is 9.10. The highest BCUT2D eigenvalue weighted by Gasteiger charge is 2.19. The van der Waals surface area contributed by atoms with Crippen molar-refractivity contribution in [2.45, 2.75) is 20.4 Å². The molecule has 1 aromatic heterocycles. The Kier molecular flexibility index (Phi) is 3.96. The van der Waals surface area contributed by atoms with Gasteiger partial charge in [0.2, 0.25) is 0 Å². The van der Waals surface area contributed by atoms with Crippen LogP contribution in [0.5, 0.6) is 5.75 Å². The molecule has 0 saturated carbocycles. The molecule has 0 amide bonds. The van der Waals surface area contributed by atoms with Crippen LogP contribution in [0.2, 0.25) is 0 Å². The van der Waals surface area contributed by atoms with Crippen molar-refractivity contribution in [1.82, 2.24) is 9.78 Å². The third-order valence-corrected chi connectivity index (χ3v) is 4.03. The van der Waals surface area contributed by atoms with Crippen LogP contribution in [0.25, 0.3) is 11.3 Å². The van der Waals surface area contributed by atoms with E-state index < -0.39 is 0 Å². The number of rotatable bonds is 3. The molecule has 0 aliphatic rings. The topological polar surface area (TPSA) is 53.1 Å². The van der Waals surface area contributed by atoms with Gasteiger partial charge in [-0.3, -0.25) is 4.68 Å². The van der Waals surface area contributed by atoms with Crippen LogP contribution in [0.15, 0.2) is 16.6 Å². The van der Waals surface area contributed by atoms with Gasteiger partial charge in [0.05, 0.1) is 17.3 Å². The van der Waals surface area contributed by atoms with Crippen LogP contribution in [0, 0.1) is 13.8 Å². The summed E-state index contributed by atoms with van der Waals surface area (Å²) in [6, 6.07) is 4.15. The Hall–Kier alpha value is -1.33. The minimum atomic E-state index is 0.442. The quantitative estimate of drug-likeness (QED) is 0.944. The number of nitrogens with zero attached hydrogens (tertiary/aromatic N) is 2. The maximum atomic E-state index is 5.75. The van der Waals surface area contributed by atoms with E-state index in [0.717, 1.165) is 32.7 Å². The van der Waals surface area contributed by atoms with Gasteiger partial charge >= 0.3 is 0 Å². The zero-order chi connectivity index (χ0) is 14.2. The van der Waals surface area contributed by atoms with E-state index in [1.54, 1.807) is 11.8 Å². The summed E-state index contributed by atoms with van der Waals surface area (Å²) in [4.78, 5) is 0. The molecule has 0 aliphatic heterocycles. The zero-order valence-electron chi connectivity index (χ0n) is 11.6. The minimum Gasteiger partial charge on any atom is -0.496 e. The molecule has 0 bridgehead atoms. The second-order valence-electron chi connectivity index (χ2n) is 4.60. The van der Waals surface area contributed by atoms with Gasteiger partial charge in [0.15, 0.2) is 0 Å². The van der Waals surface area contributed by atoms with Crippen molar-refractivity contribution in [3.8, 4) is 17.0 Å². The fraction of sp³-hybridized carbons (Fsp3) is 0.357. The van der Waals surface area contributed by atoms with Crippen LogP contribution < -0.4 is 10.5 Å². The fourth-order valence-corrected chi connectivity index (χ4v) is 3.00. The van der Waals surface area contributed by atoms with Crippen molar-refractivity contribution in [3.63, 3.8) is 0 Å². The molecule has 0 radical (unpaired) electrons. The van der Waals surface area contributed by atoms with Gasteiger partial charge in [0, 0.05) is 19.2 Å². The number of aromatic nitrogens is 2. The van der Waals surface area contributed by atoms with Crippen LogP contribution in [0.1, 0.15) is 16.8 Å². The number of halogens is 1. The first kappa shape index (κ1) is 14.1. The molecule has 19 heavy (non-hydrogen) atoms. The third-order valence-electron chi connectivity index (χ3n) is 3.20. The number of aryl methyl sites for hydroxylation is 3. The molecule has 2 aromatic rings. The van der Waals surface area contributed by atoms with Crippen LogP contribution in [-0.2, 0) is 13.6 Å².